The Labute approximate surface area is 53.0 Å². The average molecular weight is 128 g/mol. The number of rotatable bonds is 3. The minimum Gasteiger partial charge on any atom is -0.378 e. The largest absolute Gasteiger partial charge is 0.378 e. The smallest absolute Gasteiger partial charge is 0.230 e. The summed E-state index contributed by atoms with van der Waals surface area (Å²) in [6.07, 6.45) is 1.09. The molecule has 0 spiro atoms. The van der Waals surface area contributed by atoms with Crippen molar-refractivity contribution in [3.05, 3.63) is 12.7 Å². The Morgan fingerprint density at radius 2 is 2.22 bits per heavy atom. The van der Waals surface area contributed by atoms with Crippen molar-refractivity contribution in [2.75, 3.05) is 0 Å². The summed E-state index contributed by atoms with van der Waals surface area (Å²) in [4.78, 5) is 20.1. The normalized spacial score (nSPS) is 15.8. The summed E-state index contributed by atoms with van der Waals surface area (Å²) >= 11 is 0. The Hall–Kier alpha value is -0.960. The number of hydrogen-bond acceptors (Lipinski definition) is 3. The maximum atomic E-state index is 10.4. The molecule has 0 heterocycles. The molecule has 1 N–H and O–H groups in total. The third-order valence-electron chi connectivity index (χ3n) is 1.00. The maximum Gasteiger partial charge on any atom is 0.230 e. The summed E-state index contributed by atoms with van der Waals surface area (Å²) in [5, 5.41) is 8.89. The fourth-order valence-corrected chi connectivity index (χ4v) is 0.220. The SMILES string of the molecule is C=CC(C)(O)C(=O)C=O. The highest BCUT2D eigenvalue weighted by Gasteiger charge is 2.24. The zero-order valence-electron chi connectivity index (χ0n) is 5.13. The van der Waals surface area contributed by atoms with Gasteiger partial charge in [0, 0.05) is 0 Å². The molecule has 0 radical (unpaired) electrons. The molecule has 0 saturated heterocycles. The monoisotopic (exact) mass is 128 g/mol. The minimum atomic E-state index is -1.69. The van der Waals surface area contributed by atoms with E-state index in [1.54, 1.807) is 0 Å². The highest BCUT2D eigenvalue weighted by atomic mass is 16.3. The lowest BCUT2D eigenvalue weighted by molar-refractivity contribution is -0.138. The lowest BCUT2D eigenvalue weighted by Gasteiger charge is -2.11. The Kier molecular flexibility index (Phi) is 2.28. The summed E-state index contributed by atoms with van der Waals surface area (Å²) in [6.45, 7) is 4.38. The molecule has 0 rings (SSSR count). The number of aldehydes is 1. The first-order chi connectivity index (χ1) is 4.04. The number of carbonyl (C=O) groups excluding carboxylic acids is 2. The standard InChI is InChI=1S/C6H8O3/c1-3-6(2,9)5(8)4-7/h3-4,9H,1H2,2H3. The number of ketones is 1. The van der Waals surface area contributed by atoms with Crippen molar-refractivity contribution in [1.82, 2.24) is 0 Å². The molecule has 1 unspecified atom stereocenters. The van der Waals surface area contributed by atoms with Crippen molar-refractivity contribution >= 4 is 12.1 Å². The van der Waals surface area contributed by atoms with Gasteiger partial charge in [0.25, 0.3) is 0 Å². The molecule has 50 valence electrons. The van der Waals surface area contributed by atoms with Gasteiger partial charge in [0.15, 0.2) is 6.29 Å². The van der Waals surface area contributed by atoms with Crippen LogP contribution in [-0.4, -0.2) is 22.8 Å². The van der Waals surface area contributed by atoms with Crippen molar-refractivity contribution in [3.63, 3.8) is 0 Å². The molecule has 0 bridgehead atoms. The van der Waals surface area contributed by atoms with E-state index in [0.29, 0.717) is 0 Å². The third kappa shape index (κ3) is 1.77. The predicted octanol–water partition coefficient (Wildman–Crippen LogP) is -0.309. The van der Waals surface area contributed by atoms with E-state index in [4.69, 9.17) is 5.11 Å². The number of aliphatic hydroxyl groups is 1. The first-order valence-corrected chi connectivity index (χ1v) is 2.40. The molecule has 3 nitrogen and oxygen atoms in total. The lowest BCUT2D eigenvalue weighted by Crippen LogP contribution is -2.33. The van der Waals surface area contributed by atoms with E-state index >= 15 is 0 Å². The minimum absolute atomic E-state index is 0.0711. The second kappa shape index (κ2) is 2.55. The van der Waals surface area contributed by atoms with Gasteiger partial charge in [-0.3, -0.25) is 9.59 Å². The van der Waals surface area contributed by atoms with Crippen LogP contribution in [0.15, 0.2) is 12.7 Å². The van der Waals surface area contributed by atoms with Gasteiger partial charge in [0.1, 0.15) is 5.60 Å². The van der Waals surface area contributed by atoms with E-state index in [0.717, 1.165) is 6.08 Å². The molecule has 3 heteroatoms. The van der Waals surface area contributed by atoms with E-state index in [9.17, 15) is 9.59 Å². The summed E-state index contributed by atoms with van der Waals surface area (Å²) in [5.41, 5.74) is -1.69. The van der Waals surface area contributed by atoms with Crippen LogP contribution >= 0.6 is 0 Å². The van der Waals surface area contributed by atoms with Gasteiger partial charge in [0.05, 0.1) is 0 Å². The van der Waals surface area contributed by atoms with Crippen LogP contribution in [0.3, 0.4) is 0 Å². The van der Waals surface area contributed by atoms with E-state index < -0.39 is 11.4 Å². The molecule has 0 amide bonds. The summed E-state index contributed by atoms with van der Waals surface area (Å²) in [5.74, 6) is -0.877. The molecular weight excluding hydrogens is 120 g/mol. The predicted molar refractivity (Wildman–Crippen MR) is 31.9 cm³/mol. The Morgan fingerprint density at radius 1 is 1.78 bits per heavy atom. The summed E-state index contributed by atoms with van der Waals surface area (Å²) in [6, 6.07) is 0. The van der Waals surface area contributed by atoms with Crippen molar-refractivity contribution in [2.24, 2.45) is 0 Å². The molecule has 0 aliphatic heterocycles. The summed E-state index contributed by atoms with van der Waals surface area (Å²) in [7, 11) is 0. The van der Waals surface area contributed by atoms with E-state index in [1.807, 2.05) is 0 Å². The molecule has 0 fully saturated rings. The molecule has 9 heavy (non-hydrogen) atoms. The van der Waals surface area contributed by atoms with Crippen LogP contribution in [0.1, 0.15) is 6.92 Å². The molecule has 0 saturated carbocycles. The van der Waals surface area contributed by atoms with Gasteiger partial charge in [-0.05, 0) is 6.92 Å². The quantitative estimate of drug-likeness (QED) is 0.322. The van der Waals surface area contributed by atoms with E-state index in [1.165, 1.54) is 6.92 Å². The van der Waals surface area contributed by atoms with Gasteiger partial charge in [-0.1, -0.05) is 12.7 Å². The first kappa shape index (κ1) is 8.04. The number of Topliss-reactive ketones (excluding diaryl/α,β-unsaturated/α-hetero) is 1. The Bertz CT molecular complexity index is 146. The van der Waals surface area contributed by atoms with Gasteiger partial charge >= 0.3 is 0 Å². The molecule has 1 atom stereocenters. The van der Waals surface area contributed by atoms with Gasteiger partial charge in [-0.2, -0.15) is 0 Å². The maximum absolute atomic E-state index is 10.4. The van der Waals surface area contributed by atoms with Gasteiger partial charge in [0.2, 0.25) is 5.78 Å². The third-order valence-corrected chi connectivity index (χ3v) is 1.00. The van der Waals surface area contributed by atoms with Crippen LogP contribution in [0, 0.1) is 0 Å². The van der Waals surface area contributed by atoms with Gasteiger partial charge in [-0.15, -0.1) is 0 Å². The highest BCUT2D eigenvalue weighted by molar-refractivity contribution is 6.29. The average Bonchev–Trinajstić information content (AvgIpc) is 1.86. The van der Waals surface area contributed by atoms with E-state index in [-0.39, 0.29) is 6.29 Å². The van der Waals surface area contributed by atoms with Gasteiger partial charge in [-0.25, -0.2) is 0 Å². The van der Waals surface area contributed by atoms with Crippen molar-refractivity contribution in [1.29, 1.82) is 0 Å². The van der Waals surface area contributed by atoms with Crippen LogP contribution < -0.4 is 0 Å². The fourth-order valence-electron chi connectivity index (χ4n) is 0.220. The molecule has 0 aromatic carbocycles. The highest BCUT2D eigenvalue weighted by Crippen LogP contribution is 2.02. The Morgan fingerprint density at radius 3 is 2.33 bits per heavy atom. The lowest BCUT2D eigenvalue weighted by atomic mass is 10.0. The fraction of sp³-hybridized carbons (Fsp3) is 0.333. The zero-order chi connectivity index (χ0) is 7.49. The molecule has 0 aliphatic carbocycles. The second-order valence-corrected chi connectivity index (χ2v) is 1.83. The van der Waals surface area contributed by atoms with Crippen LogP contribution in [0.4, 0.5) is 0 Å². The van der Waals surface area contributed by atoms with Crippen LogP contribution in [0.5, 0.6) is 0 Å². The Balaban J connectivity index is 4.31. The second-order valence-electron chi connectivity index (χ2n) is 1.83. The summed E-state index contributed by atoms with van der Waals surface area (Å²) < 4.78 is 0. The van der Waals surface area contributed by atoms with Gasteiger partial charge < -0.3 is 5.11 Å². The number of carbonyl (C=O) groups is 2. The topological polar surface area (TPSA) is 54.4 Å². The molecule has 0 aromatic rings. The first-order valence-electron chi connectivity index (χ1n) is 2.40. The molecular formula is C6H8O3. The zero-order valence-corrected chi connectivity index (χ0v) is 5.13. The van der Waals surface area contributed by atoms with Crippen LogP contribution in [0.25, 0.3) is 0 Å². The van der Waals surface area contributed by atoms with Crippen molar-refractivity contribution < 1.29 is 14.7 Å². The van der Waals surface area contributed by atoms with Crippen LogP contribution in [-0.2, 0) is 9.59 Å². The van der Waals surface area contributed by atoms with E-state index in [2.05, 4.69) is 6.58 Å². The van der Waals surface area contributed by atoms with Crippen LogP contribution in [0.2, 0.25) is 0 Å². The number of hydrogen-bond donors (Lipinski definition) is 1. The van der Waals surface area contributed by atoms with Crippen molar-refractivity contribution in [3.8, 4) is 0 Å². The van der Waals surface area contributed by atoms with Crippen molar-refractivity contribution in [2.45, 2.75) is 12.5 Å². The molecule has 0 aliphatic rings. The molecule has 0 aromatic heterocycles.